The third kappa shape index (κ3) is 4.28. The highest BCUT2D eigenvalue weighted by molar-refractivity contribution is 5.92. The number of hydrogen-bond donors (Lipinski definition) is 0. The van der Waals surface area contributed by atoms with Crippen LogP contribution in [0.3, 0.4) is 0 Å². The van der Waals surface area contributed by atoms with Crippen molar-refractivity contribution in [2.24, 2.45) is 5.92 Å². The lowest BCUT2D eigenvalue weighted by atomic mass is 9.97. The molecular formula is C18H15F6NO2. The third-order valence-electron chi connectivity index (χ3n) is 4.46. The van der Waals surface area contributed by atoms with Gasteiger partial charge in [0, 0.05) is 18.7 Å². The second kappa shape index (κ2) is 6.94. The monoisotopic (exact) mass is 391 g/mol. The van der Waals surface area contributed by atoms with Crippen LogP contribution in [0.5, 0.6) is 0 Å². The maximum atomic E-state index is 12.9. The summed E-state index contributed by atoms with van der Waals surface area (Å²) in [6.07, 6.45) is -8.73. The van der Waals surface area contributed by atoms with Crippen molar-refractivity contribution in [2.75, 3.05) is 13.1 Å². The molecule has 2 heterocycles. The molecule has 3 nitrogen and oxygen atoms in total. The Kier molecular flexibility index (Phi) is 4.96. The van der Waals surface area contributed by atoms with Crippen molar-refractivity contribution in [1.29, 1.82) is 0 Å². The topological polar surface area (TPSA) is 33.5 Å². The lowest BCUT2D eigenvalue weighted by molar-refractivity contribution is -0.184. The van der Waals surface area contributed by atoms with Gasteiger partial charge in [0.1, 0.15) is 5.76 Å². The summed E-state index contributed by atoms with van der Waals surface area (Å²) < 4.78 is 82.4. The van der Waals surface area contributed by atoms with E-state index in [4.69, 9.17) is 4.42 Å². The van der Waals surface area contributed by atoms with Crippen LogP contribution >= 0.6 is 0 Å². The standard InChI is InChI=1S/C18H15F6NO2/c19-17(20,21)12-4-1-3-11(9-12)14-6-7-15(27-14)16(26)25-8-2-5-13(10-25)18(22,23)24/h1,3-4,6-7,9,13H,2,5,8,10H2/t13-/m1/s1. The van der Waals surface area contributed by atoms with Gasteiger partial charge < -0.3 is 9.32 Å². The van der Waals surface area contributed by atoms with Crippen molar-refractivity contribution in [1.82, 2.24) is 4.90 Å². The van der Waals surface area contributed by atoms with Crippen molar-refractivity contribution >= 4 is 5.91 Å². The van der Waals surface area contributed by atoms with Gasteiger partial charge in [-0.3, -0.25) is 4.79 Å². The molecule has 1 aromatic heterocycles. The molecule has 1 atom stereocenters. The second-order valence-electron chi connectivity index (χ2n) is 6.37. The Morgan fingerprint density at radius 3 is 2.48 bits per heavy atom. The Hall–Kier alpha value is -2.45. The Bertz CT molecular complexity index is 824. The van der Waals surface area contributed by atoms with E-state index in [0.717, 1.165) is 17.0 Å². The zero-order valence-corrected chi connectivity index (χ0v) is 13.9. The fourth-order valence-electron chi connectivity index (χ4n) is 3.04. The number of nitrogens with zero attached hydrogens (tertiary/aromatic N) is 1. The number of halogens is 6. The fourth-order valence-corrected chi connectivity index (χ4v) is 3.04. The van der Waals surface area contributed by atoms with E-state index in [9.17, 15) is 31.1 Å². The van der Waals surface area contributed by atoms with E-state index in [1.54, 1.807) is 0 Å². The first kappa shape index (κ1) is 19.3. The van der Waals surface area contributed by atoms with E-state index in [1.807, 2.05) is 0 Å². The number of rotatable bonds is 2. The molecule has 0 N–H and O–H groups in total. The molecule has 27 heavy (non-hydrogen) atoms. The molecule has 1 aliphatic rings. The Morgan fingerprint density at radius 2 is 1.81 bits per heavy atom. The number of alkyl halides is 6. The molecule has 1 aromatic carbocycles. The molecule has 2 aromatic rings. The summed E-state index contributed by atoms with van der Waals surface area (Å²) in [5, 5.41) is 0. The summed E-state index contributed by atoms with van der Waals surface area (Å²) in [7, 11) is 0. The van der Waals surface area contributed by atoms with Crippen LogP contribution in [0.25, 0.3) is 11.3 Å². The van der Waals surface area contributed by atoms with Crippen LogP contribution in [-0.2, 0) is 6.18 Å². The van der Waals surface area contributed by atoms with E-state index in [1.165, 1.54) is 24.3 Å². The number of piperidine rings is 1. The second-order valence-corrected chi connectivity index (χ2v) is 6.37. The quantitative estimate of drug-likeness (QED) is 0.644. The smallest absolute Gasteiger partial charge is 0.416 e. The summed E-state index contributed by atoms with van der Waals surface area (Å²) >= 11 is 0. The van der Waals surface area contributed by atoms with Crippen LogP contribution in [-0.4, -0.2) is 30.1 Å². The van der Waals surface area contributed by atoms with Gasteiger partial charge in [0.05, 0.1) is 11.5 Å². The Morgan fingerprint density at radius 1 is 1.07 bits per heavy atom. The number of carbonyl (C=O) groups excluding carboxylic acids is 1. The molecular weight excluding hydrogens is 376 g/mol. The van der Waals surface area contributed by atoms with Crippen molar-refractivity contribution < 1.29 is 35.6 Å². The van der Waals surface area contributed by atoms with Gasteiger partial charge in [-0.05, 0) is 37.1 Å². The minimum absolute atomic E-state index is 0.0360. The lowest BCUT2D eigenvalue weighted by Crippen LogP contribution is -2.44. The first-order valence-corrected chi connectivity index (χ1v) is 8.19. The molecule has 1 amide bonds. The summed E-state index contributed by atoms with van der Waals surface area (Å²) in [4.78, 5) is 13.5. The number of amides is 1. The Balaban J connectivity index is 1.79. The molecule has 3 rings (SSSR count). The number of carbonyl (C=O) groups is 1. The average Bonchev–Trinajstić information content (AvgIpc) is 3.10. The zero-order chi connectivity index (χ0) is 19.8. The van der Waals surface area contributed by atoms with E-state index in [-0.39, 0.29) is 36.5 Å². The average molecular weight is 391 g/mol. The molecule has 1 saturated heterocycles. The molecule has 0 spiro atoms. The van der Waals surface area contributed by atoms with Gasteiger partial charge in [-0.1, -0.05) is 12.1 Å². The van der Waals surface area contributed by atoms with Gasteiger partial charge >= 0.3 is 12.4 Å². The van der Waals surface area contributed by atoms with Gasteiger partial charge in [0.15, 0.2) is 5.76 Å². The largest absolute Gasteiger partial charge is 0.451 e. The fraction of sp³-hybridized carbons (Fsp3) is 0.389. The number of benzene rings is 1. The molecule has 1 fully saturated rings. The van der Waals surface area contributed by atoms with E-state index in [2.05, 4.69) is 0 Å². The maximum Gasteiger partial charge on any atom is 0.416 e. The molecule has 0 bridgehead atoms. The van der Waals surface area contributed by atoms with Crippen LogP contribution in [0, 0.1) is 5.92 Å². The highest BCUT2D eigenvalue weighted by atomic mass is 19.4. The minimum Gasteiger partial charge on any atom is -0.451 e. The number of hydrogen-bond acceptors (Lipinski definition) is 2. The van der Waals surface area contributed by atoms with E-state index in [0.29, 0.717) is 0 Å². The van der Waals surface area contributed by atoms with Crippen molar-refractivity contribution in [3.63, 3.8) is 0 Å². The predicted octanol–water partition coefficient (Wildman–Crippen LogP) is 5.38. The zero-order valence-electron chi connectivity index (χ0n) is 13.9. The summed E-state index contributed by atoms with van der Waals surface area (Å²) in [6.45, 7) is -0.285. The highest BCUT2D eigenvalue weighted by Crippen LogP contribution is 2.35. The van der Waals surface area contributed by atoms with Crippen LogP contribution in [0.4, 0.5) is 26.3 Å². The number of furan rings is 1. The highest BCUT2D eigenvalue weighted by Gasteiger charge is 2.43. The minimum atomic E-state index is -4.53. The Labute approximate surface area is 150 Å². The molecule has 9 heteroatoms. The van der Waals surface area contributed by atoms with Crippen LogP contribution in [0.2, 0.25) is 0 Å². The van der Waals surface area contributed by atoms with Crippen molar-refractivity contribution in [3.05, 3.63) is 47.7 Å². The summed E-state index contributed by atoms with van der Waals surface area (Å²) in [6, 6.07) is 6.98. The van der Waals surface area contributed by atoms with E-state index >= 15 is 0 Å². The summed E-state index contributed by atoms with van der Waals surface area (Å²) in [5.41, 5.74) is -0.746. The third-order valence-corrected chi connectivity index (χ3v) is 4.46. The van der Waals surface area contributed by atoms with Gasteiger partial charge in [-0.15, -0.1) is 0 Å². The van der Waals surface area contributed by atoms with Gasteiger partial charge in [-0.25, -0.2) is 0 Å². The van der Waals surface area contributed by atoms with Crippen molar-refractivity contribution in [3.8, 4) is 11.3 Å². The van der Waals surface area contributed by atoms with Crippen molar-refractivity contribution in [2.45, 2.75) is 25.2 Å². The SMILES string of the molecule is O=C(c1ccc(-c2cccc(C(F)(F)F)c2)o1)N1CCC[C@@H](C(F)(F)F)C1. The first-order chi connectivity index (χ1) is 12.6. The van der Waals surface area contributed by atoms with Crippen LogP contribution in [0.15, 0.2) is 40.8 Å². The molecule has 146 valence electrons. The predicted molar refractivity (Wildman–Crippen MR) is 83.8 cm³/mol. The lowest BCUT2D eigenvalue weighted by Gasteiger charge is -2.33. The van der Waals surface area contributed by atoms with Gasteiger partial charge in [-0.2, -0.15) is 26.3 Å². The maximum absolute atomic E-state index is 12.9. The molecule has 0 saturated carbocycles. The normalized spacial score (nSPS) is 18.6. The van der Waals surface area contributed by atoms with Gasteiger partial charge in [0.2, 0.25) is 0 Å². The van der Waals surface area contributed by atoms with Crippen LogP contribution in [0.1, 0.15) is 29.0 Å². The molecule has 0 aliphatic carbocycles. The first-order valence-electron chi connectivity index (χ1n) is 8.19. The van der Waals surface area contributed by atoms with Gasteiger partial charge in [0.25, 0.3) is 5.91 Å². The molecule has 1 aliphatic heterocycles. The molecule has 0 radical (unpaired) electrons. The molecule has 0 unspecified atom stereocenters. The number of likely N-dealkylation sites (tertiary alicyclic amines) is 1. The summed E-state index contributed by atoms with van der Waals surface area (Å²) in [5.74, 6) is -2.46. The van der Waals surface area contributed by atoms with Crippen LogP contribution < -0.4 is 0 Å². The van der Waals surface area contributed by atoms with E-state index < -0.39 is 36.3 Å².